The number of likely N-dealkylation sites (N-methyl/N-ethyl adjacent to an activating group) is 1. The van der Waals surface area contributed by atoms with Crippen molar-refractivity contribution < 1.29 is 14.3 Å². The average molecular weight is 393 g/mol. The van der Waals surface area contributed by atoms with Gasteiger partial charge >= 0.3 is 5.97 Å². The van der Waals surface area contributed by atoms with Crippen molar-refractivity contribution in [3.63, 3.8) is 0 Å². The molecule has 0 spiro atoms. The minimum atomic E-state index is -0.362. The number of carbonyl (C=O) groups is 2. The Morgan fingerprint density at radius 1 is 1.42 bits per heavy atom. The maximum atomic E-state index is 12.5. The maximum Gasteiger partial charge on any atom is 0.341 e. The third-order valence-corrected chi connectivity index (χ3v) is 6.50. The Morgan fingerprint density at radius 3 is 2.92 bits per heavy atom. The number of methoxy groups -OCH3 is 1. The summed E-state index contributed by atoms with van der Waals surface area (Å²) in [5.74, 6) is 0.130. The minimum Gasteiger partial charge on any atom is -0.465 e. The summed E-state index contributed by atoms with van der Waals surface area (Å²) < 4.78 is 4.97. The highest BCUT2D eigenvalue weighted by molar-refractivity contribution is 7.17. The molecule has 0 radical (unpaired) electrons. The lowest BCUT2D eigenvalue weighted by molar-refractivity contribution is -0.117. The van der Waals surface area contributed by atoms with Crippen LogP contribution in [0, 0.1) is 5.92 Å². The number of esters is 1. The number of fused-ring (bicyclic) bond motifs is 1. The molecule has 1 aliphatic rings. The van der Waals surface area contributed by atoms with Crippen LogP contribution in [-0.2, 0) is 28.9 Å². The van der Waals surface area contributed by atoms with Gasteiger partial charge in [0.1, 0.15) is 5.00 Å². The second-order valence-corrected chi connectivity index (χ2v) is 8.78. The molecule has 2 aromatic rings. The molecule has 1 amide bonds. The van der Waals surface area contributed by atoms with E-state index < -0.39 is 0 Å². The first kappa shape index (κ1) is 19.1. The van der Waals surface area contributed by atoms with Gasteiger partial charge in [0.05, 0.1) is 19.2 Å². The molecule has 0 saturated heterocycles. The Bertz CT molecular complexity index is 783. The number of anilines is 1. The molecule has 1 atom stereocenters. The van der Waals surface area contributed by atoms with Crippen molar-refractivity contribution >= 4 is 39.6 Å². The predicted octanol–water partition coefficient (Wildman–Crippen LogP) is 3.79. The van der Waals surface area contributed by atoms with Crippen molar-refractivity contribution in [2.75, 3.05) is 26.0 Å². The summed E-state index contributed by atoms with van der Waals surface area (Å²) in [4.78, 5) is 27.9. The fourth-order valence-electron chi connectivity index (χ4n) is 3.32. The molecule has 0 saturated carbocycles. The molecule has 2 aromatic heterocycles. The van der Waals surface area contributed by atoms with Gasteiger partial charge in [0.25, 0.3) is 0 Å². The van der Waals surface area contributed by atoms with E-state index >= 15 is 0 Å². The number of hydrogen-bond donors (Lipinski definition) is 1. The van der Waals surface area contributed by atoms with Crippen LogP contribution in [0.3, 0.4) is 0 Å². The van der Waals surface area contributed by atoms with Crippen LogP contribution in [0.2, 0.25) is 0 Å². The van der Waals surface area contributed by atoms with Gasteiger partial charge in [-0.2, -0.15) is 11.3 Å². The molecular weight excluding hydrogens is 368 g/mol. The molecule has 2 heterocycles. The zero-order chi connectivity index (χ0) is 18.7. The molecule has 7 heteroatoms. The Labute approximate surface area is 162 Å². The molecule has 1 unspecified atom stereocenters. The highest BCUT2D eigenvalue weighted by Crippen LogP contribution is 2.40. The van der Waals surface area contributed by atoms with Crippen LogP contribution in [0.5, 0.6) is 0 Å². The molecule has 26 heavy (non-hydrogen) atoms. The van der Waals surface area contributed by atoms with Gasteiger partial charge in [0, 0.05) is 11.4 Å². The van der Waals surface area contributed by atoms with E-state index in [-0.39, 0.29) is 18.4 Å². The Hall–Kier alpha value is -1.70. The van der Waals surface area contributed by atoms with Crippen LogP contribution in [-0.4, -0.2) is 37.5 Å². The summed E-state index contributed by atoms with van der Waals surface area (Å²) in [6.45, 7) is 3.22. The predicted molar refractivity (Wildman–Crippen MR) is 106 cm³/mol. The van der Waals surface area contributed by atoms with Crippen LogP contribution >= 0.6 is 22.7 Å². The summed E-state index contributed by atoms with van der Waals surface area (Å²) in [6.07, 6.45) is 2.88. The first-order valence-electron chi connectivity index (χ1n) is 8.70. The largest absolute Gasteiger partial charge is 0.465 e. The number of amides is 1. The van der Waals surface area contributed by atoms with Gasteiger partial charge in [0.15, 0.2) is 0 Å². The van der Waals surface area contributed by atoms with Gasteiger partial charge in [-0.05, 0) is 60.2 Å². The van der Waals surface area contributed by atoms with Crippen molar-refractivity contribution in [3.8, 4) is 0 Å². The van der Waals surface area contributed by atoms with Crippen LogP contribution in [0.25, 0.3) is 0 Å². The monoisotopic (exact) mass is 392 g/mol. The van der Waals surface area contributed by atoms with E-state index in [0.717, 1.165) is 31.4 Å². The molecular formula is C19H24N2O3S2. The molecule has 140 valence electrons. The number of rotatable bonds is 6. The molecule has 0 fully saturated rings. The summed E-state index contributed by atoms with van der Waals surface area (Å²) in [5.41, 5.74) is 2.80. The van der Waals surface area contributed by atoms with E-state index in [4.69, 9.17) is 4.74 Å². The second-order valence-electron chi connectivity index (χ2n) is 6.90. The van der Waals surface area contributed by atoms with E-state index in [1.165, 1.54) is 28.9 Å². The number of carbonyl (C=O) groups excluding carboxylic acids is 2. The summed E-state index contributed by atoms with van der Waals surface area (Å²) in [7, 11) is 3.30. The first-order chi connectivity index (χ1) is 12.5. The number of nitrogens with one attached hydrogen (secondary N) is 1. The second kappa shape index (κ2) is 8.33. The smallest absolute Gasteiger partial charge is 0.341 e. The van der Waals surface area contributed by atoms with Crippen molar-refractivity contribution in [1.82, 2.24) is 4.90 Å². The van der Waals surface area contributed by atoms with Crippen LogP contribution in [0.1, 0.15) is 39.7 Å². The molecule has 0 bridgehead atoms. The van der Waals surface area contributed by atoms with Crippen molar-refractivity contribution in [1.29, 1.82) is 0 Å². The highest BCUT2D eigenvalue weighted by Gasteiger charge is 2.28. The van der Waals surface area contributed by atoms with Crippen LogP contribution < -0.4 is 5.32 Å². The zero-order valence-corrected chi connectivity index (χ0v) is 17.0. The standard InChI is InChI=1S/C19H24N2O3S2/c1-12-4-5-14-15(8-12)26-18(17(14)19(23)24-3)20-16(22)10-21(2)9-13-6-7-25-11-13/h6-7,11-12H,4-5,8-10H2,1-3H3,(H,20,22). The van der Waals surface area contributed by atoms with E-state index in [0.29, 0.717) is 16.5 Å². The minimum absolute atomic E-state index is 0.112. The van der Waals surface area contributed by atoms with Gasteiger partial charge < -0.3 is 10.1 Å². The topological polar surface area (TPSA) is 58.6 Å². The number of nitrogens with zero attached hydrogens (tertiary/aromatic N) is 1. The Morgan fingerprint density at radius 2 is 2.23 bits per heavy atom. The van der Waals surface area contributed by atoms with Gasteiger partial charge in [-0.25, -0.2) is 4.79 Å². The lowest BCUT2D eigenvalue weighted by Gasteiger charge is -2.18. The third-order valence-electron chi connectivity index (χ3n) is 4.60. The van der Waals surface area contributed by atoms with Gasteiger partial charge in [0.2, 0.25) is 5.91 Å². The number of thiophene rings is 2. The molecule has 1 N–H and O–H groups in total. The van der Waals surface area contributed by atoms with E-state index in [2.05, 4.69) is 23.7 Å². The van der Waals surface area contributed by atoms with E-state index in [1.54, 1.807) is 11.3 Å². The SMILES string of the molecule is COC(=O)c1c(NC(=O)CN(C)Cc2ccsc2)sc2c1CCC(C)C2. The number of ether oxygens (including phenoxy) is 1. The summed E-state index contributed by atoms with van der Waals surface area (Å²) in [5, 5.41) is 7.69. The molecule has 0 aromatic carbocycles. The number of hydrogen-bond acceptors (Lipinski definition) is 6. The maximum absolute atomic E-state index is 12.5. The fraction of sp³-hybridized carbons (Fsp3) is 0.474. The fourth-order valence-corrected chi connectivity index (χ4v) is 5.39. The molecule has 0 aliphatic heterocycles. The van der Waals surface area contributed by atoms with Crippen molar-refractivity contribution in [3.05, 3.63) is 38.4 Å². The van der Waals surface area contributed by atoms with E-state index in [9.17, 15) is 9.59 Å². The van der Waals surface area contributed by atoms with Crippen LogP contribution in [0.15, 0.2) is 16.8 Å². The van der Waals surface area contributed by atoms with Crippen molar-refractivity contribution in [2.45, 2.75) is 32.7 Å². The van der Waals surface area contributed by atoms with Crippen LogP contribution in [0.4, 0.5) is 5.00 Å². The summed E-state index contributed by atoms with van der Waals surface area (Å²) >= 11 is 3.17. The molecule has 5 nitrogen and oxygen atoms in total. The summed E-state index contributed by atoms with van der Waals surface area (Å²) in [6, 6.07) is 2.06. The molecule has 1 aliphatic carbocycles. The normalized spacial score (nSPS) is 16.4. The zero-order valence-electron chi connectivity index (χ0n) is 15.3. The van der Waals surface area contributed by atoms with Gasteiger partial charge in [-0.15, -0.1) is 11.3 Å². The van der Waals surface area contributed by atoms with Gasteiger partial charge in [-0.1, -0.05) is 6.92 Å². The average Bonchev–Trinajstić information content (AvgIpc) is 3.20. The Kier molecular flexibility index (Phi) is 6.11. The first-order valence-corrected chi connectivity index (χ1v) is 10.5. The lowest BCUT2D eigenvalue weighted by atomic mass is 9.88. The quantitative estimate of drug-likeness (QED) is 0.760. The molecule has 3 rings (SSSR count). The lowest BCUT2D eigenvalue weighted by Crippen LogP contribution is -2.30. The third kappa shape index (κ3) is 4.34. The Balaban J connectivity index is 1.72. The van der Waals surface area contributed by atoms with Gasteiger partial charge in [-0.3, -0.25) is 9.69 Å². The van der Waals surface area contributed by atoms with Crippen molar-refractivity contribution in [2.24, 2.45) is 5.92 Å². The highest BCUT2D eigenvalue weighted by atomic mass is 32.1. The van der Waals surface area contributed by atoms with E-state index in [1.807, 2.05) is 17.3 Å².